The summed E-state index contributed by atoms with van der Waals surface area (Å²) in [5, 5.41) is 3.59. The number of hydrogen-bond acceptors (Lipinski definition) is 2. The fourth-order valence-electron chi connectivity index (χ4n) is 2.87. The summed E-state index contributed by atoms with van der Waals surface area (Å²) in [4.78, 5) is 0. The van der Waals surface area contributed by atoms with Crippen molar-refractivity contribution in [2.45, 2.75) is 57.7 Å². The van der Waals surface area contributed by atoms with Gasteiger partial charge in [0.25, 0.3) is 0 Å². The maximum absolute atomic E-state index is 13.6. The molecule has 1 saturated carbocycles. The zero-order chi connectivity index (χ0) is 13.8. The van der Waals surface area contributed by atoms with Gasteiger partial charge in [-0.25, -0.2) is 4.39 Å². The molecular weight excluding hydrogens is 241 g/mol. The van der Waals surface area contributed by atoms with Crippen LogP contribution in [0, 0.1) is 12.7 Å². The molecule has 3 unspecified atom stereocenters. The first kappa shape index (κ1) is 14.5. The van der Waals surface area contributed by atoms with Crippen LogP contribution < -0.4 is 5.32 Å². The molecule has 0 heterocycles. The summed E-state index contributed by atoms with van der Waals surface area (Å²) in [6.07, 6.45) is 5.02. The average Bonchev–Trinajstić information content (AvgIpc) is 2.42. The molecule has 1 aliphatic carbocycles. The van der Waals surface area contributed by atoms with Crippen molar-refractivity contribution in [3.63, 3.8) is 0 Å². The second-order valence-electron chi connectivity index (χ2n) is 5.56. The minimum absolute atomic E-state index is 0.127. The van der Waals surface area contributed by atoms with E-state index in [1.807, 2.05) is 12.1 Å². The van der Waals surface area contributed by atoms with Crippen molar-refractivity contribution in [2.75, 3.05) is 7.11 Å². The second kappa shape index (κ2) is 6.49. The lowest BCUT2D eigenvalue weighted by Gasteiger charge is -2.33. The van der Waals surface area contributed by atoms with Gasteiger partial charge < -0.3 is 10.1 Å². The largest absolute Gasteiger partial charge is 0.380 e. The molecule has 3 heteroatoms. The highest BCUT2D eigenvalue weighted by molar-refractivity contribution is 5.25. The van der Waals surface area contributed by atoms with Gasteiger partial charge in [-0.3, -0.25) is 0 Å². The van der Waals surface area contributed by atoms with Crippen LogP contribution in [0.5, 0.6) is 0 Å². The number of nitrogens with one attached hydrogen (secondary N) is 1. The van der Waals surface area contributed by atoms with E-state index in [9.17, 15) is 4.39 Å². The lowest BCUT2D eigenvalue weighted by Crippen LogP contribution is -2.44. The molecule has 1 fully saturated rings. The fraction of sp³-hybridized carbons (Fsp3) is 0.625. The van der Waals surface area contributed by atoms with Crippen LogP contribution in [0.3, 0.4) is 0 Å². The SMILES string of the molecule is COC1CCCCC1NC(C)c1ccc(C)c(F)c1. The van der Waals surface area contributed by atoms with Gasteiger partial charge in [0.2, 0.25) is 0 Å². The molecule has 1 aromatic rings. The number of aryl methyl sites for hydroxylation is 1. The molecule has 2 nitrogen and oxygen atoms in total. The molecule has 19 heavy (non-hydrogen) atoms. The molecule has 0 saturated heterocycles. The first-order chi connectivity index (χ1) is 9.11. The molecule has 3 atom stereocenters. The van der Waals surface area contributed by atoms with Gasteiger partial charge in [0, 0.05) is 19.2 Å². The van der Waals surface area contributed by atoms with Crippen LogP contribution in [0.4, 0.5) is 4.39 Å². The topological polar surface area (TPSA) is 21.3 Å². The molecule has 1 aliphatic rings. The summed E-state index contributed by atoms with van der Waals surface area (Å²) < 4.78 is 19.2. The number of halogens is 1. The van der Waals surface area contributed by atoms with Crippen LogP contribution in [0.1, 0.15) is 49.8 Å². The Hall–Kier alpha value is -0.930. The van der Waals surface area contributed by atoms with Crippen LogP contribution in [-0.2, 0) is 4.74 Å². The third-order valence-corrected chi connectivity index (χ3v) is 4.17. The molecule has 0 bridgehead atoms. The molecule has 0 amide bonds. The van der Waals surface area contributed by atoms with Crippen molar-refractivity contribution in [3.8, 4) is 0 Å². The second-order valence-corrected chi connectivity index (χ2v) is 5.56. The van der Waals surface area contributed by atoms with Crippen LogP contribution in [0.2, 0.25) is 0 Å². The summed E-state index contributed by atoms with van der Waals surface area (Å²) >= 11 is 0. The van der Waals surface area contributed by atoms with Gasteiger partial charge in [0.05, 0.1) is 6.10 Å². The van der Waals surface area contributed by atoms with Gasteiger partial charge in [0.1, 0.15) is 5.82 Å². The predicted octanol–water partition coefficient (Wildman–Crippen LogP) is 3.74. The first-order valence-electron chi connectivity index (χ1n) is 7.16. The van der Waals surface area contributed by atoms with Crippen molar-refractivity contribution >= 4 is 0 Å². The summed E-state index contributed by atoms with van der Waals surface area (Å²) in [7, 11) is 1.78. The van der Waals surface area contributed by atoms with Crippen molar-refractivity contribution < 1.29 is 9.13 Å². The van der Waals surface area contributed by atoms with Crippen molar-refractivity contribution in [2.24, 2.45) is 0 Å². The highest BCUT2D eigenvalue weighted by Crippen LogP contribution is 2.24. The summed E-state index contributed by atoms with van der Waals surface area (Å²) in [6, 6.07) is 6.00. The van der Waals surface area contributed by atoms with E-state index >= 15 is 0 Å². The Bertz CT molecular complexity index is 421. The maximum Gasteiger partial charge on any atom is 0.126 e. The van der Waals surface area contributed by atoms with E-state index < -0.39 is 0 Å². The predicted molar refractivity (Wildman–Crippen MR) is 75.7 cm³/mol. The molecule has 0 aromatic heterocycles. The molecule has 1 aromatic carbocycles. The van der Waals surface area contributed by atoms with Crippen LogP contribution >= 0.6 is 0 Å². The number of methoxy groups -OCH3 is 1. The highest BCUT2D eigenvalue weighted by Gasteiger charge is 2.26. The van der Waals surface area contributed by atoms with Gasteiger partial charge in [-0.15, -0.1) is 0 Å². The van der Waals surface area contributed by atoms with E-state index in [1.54, 1.807) is 20.1 Å². The molecule has 0 aliphatic heterocycles. The number of hydrogen-bond donors (Lipinski definition) is 1. The average molecular weight is 265 g/mol. The van der Waals surface area contributed by atoms with Gasteiger partial charge in [0.15, 0.2) is 0 Å². The number of rotatable bonds is 4. The van der Waals surface area contributed by atoms with Gasteiger partial charge in [-0.05, 0) is 43.9 Å². The Labute approximate surface area is 115 Å². The third kappa shape index (κ3) is 3.54. The smallest absolute Gasteiger partial charge is 0.126 e. The summed E-state index contributed by atoms with van der Waals surface area (Å²) in [6.45, 7) is 3.88. The van der Waals surface area contributed by atoms with Crippen LogP contribution in [-0.4, -0.2) is 19.3 Å². The van der Waals surface area contributed by atoms with E-state index in [-0.39, 0.29) is 18.0 Å². The van der Waals surface area contributed by atoms with Crippen LogP contribution in [0.25, 0.3) is 0 Å². The molecule has 0 spiro atoms. The van der Waals surface area contributed by atoms with Crippen molar-refractivity contribution in [1.82, 2.24) is 5.32 Å². The van der Waals surface area contributed by atoms with E-state index in [4.69, 9.17) is 4.74 Å². The van der Waals surface area contributed by atoms with E-state index in [1.165, 1.54) is 12.8 Å². The zero-order valence-corrected chi connectivity index (χ0v) is 12.1. The Kier molecular flexibility index (Phi) is 4.94. The Morgan fingerprint density at radius 2 is 2.05 bits per heavy atom. The number of benzene rings is 1. The molecule has 0 radical (unpaired) electrons. The van der Waals surface area contributed by atoms with E-state index in [2.05, 4.69) is 12.2 Å². The van der Waals surface area contributed by atoms with Crippen LogP contribution in [0.15, 0.2) is 18.2 Å². The molecule has 106 valence electrons. The van der Waals surface area contributed by atoms with Crippen molar-refractivity contribution in [1.29, 1.82) is 0 Å². The van der Waals surface area contributed by atoms with E-state index in [0.717, 1.165) is 18.4 Å². The molecule has 1 N–H and O–H groups in total. The minimum Gasteiger partial charge on any atom is -0.380 e. The summed E-state index contributed by atoms with van der Waals surface area (Å²) in [5.41, 5.74) is 1.70. The lowest BCUT2D eigenvalue weighted by molar-refractivity contribution is 0.0384. The number of ether oxygens (including phenoxy) is 1. The fourth-order valence-corrected chi connectivity index (χ4v) is 2.87. The van der Waals surface area contributed by atoms with Gasteiger partial charge in [-0.1, -0.05) is 25.0 Å². The monoisotopic (exact) mass is 265 g/mol. The Balaban J connectivity index is 2.02. The maximum atomic E-state index is 13.6. The minimum atomic E-state index is -0.127. The Morgan fingerprint density at radius 3 is 2.74 bits per heavy atom. The van der Waals surface area contributed by atoms with Crippen molar-refractivity contribution in [3.05, 3.63) is 35.1 Å². The normalized spacial score (nSPS) is 25.3. The molecular formula is C16H24FNO. The zero-order valence-electron chi connectivity index (χ0n) is 12.1. The quantitative estimate of drug-likeness (QED) is 0.895. The lowest BCUT2D eigenvalue weighted by atomic mass is 9.91. The van der Waals surface area contributed by atoms with Gasteiger partial charge >= 0.3 is 0 Å². The van der Waals surface area contributed by atoms with E-state index in [0.29, 0.717) is 11.6 Å². The standard InChI is InChI=1S/C16H24FNO/c1-11-8-9-13(10-14(11)17)12(2)18-15-6-4-5-7-16(15)19-3/h8-10,12,15-16,18H,4-7H2,1-3H3. The highest BCUT2D eigenvalue weighted by atomic mass is 19.1. The van der Waals surface area contributed by atoms with Gasteiger partial charge in [-0.2, -0.15) is 0 Å². The Morgan fingerprint density at radius 1 is 1.32 bits per heavy atom. The first-order valence-corrected chi connectivity index (χ1v) is 7.16. The third-order valence-electron chi connectivity index (χ3n) is 4.17. The summed E-state index contributed by atoms with van der Waals surface area (Å²) in [5.74, 6) is -0.127. The molecule has 2 rings (SSSR count).